The van der Waals surface area contributed by atoms with Gasteiger partial charge in [0, 0.05) is 31.7 Å². The molecule has 2 aliphatic rings. The molecule has 0 spiro atoms. The Bertz CT molecular complexity index is 1150. The predicted molar refractivity (Wildman–Crippen MR) is 130 cm³/mol. The third kappa shape index (κ3) is 3.91. The summed E-state index contributed by atoms with van der Waals surface area (Å²) in [7, 11) is 3.92. The van der Waals surface area contributed by atoms with Crippen LogP contribution in [0.4, 0.5) is 11.5 Å². The number of carbonyl (C=O) groups is 1. The molecule has 1 saturated carbocycles. The zero-order valence-electron chi connectivity index (χ0n) is 18.6. The van der Waals surface area contributed by atoms with Crippen LogP contribution in [0.3, 0.4) is 0 Å². The number of hydrogen-bond donors (Lipinski definition) is 3. The number of pyridine rings is 1. The Hall–Kier alpha value is -2.78. The maximum Gasteiger partial charge on any atom is 0.241 e. The first kappa shape index (κ1) is 21.1. The highest BCUT2D eigenvalue weighted by Gasteiger charge is 2.40. The van der Waals surface area contributed by atoms with Gasteiger partial charge in [0.25, 0.3) is 0 Å². The highest BCUT2D eigenvalue weighted by molar-refractivity contribution is 8.00. The quantitative estimate of drug-likeness (QED) is 0.506. The molecule has 1 aliphatic carbocycles. The minimum Gasteiger partial charge on any atom is -0.487 e. The van der Waals surface area contributed by atoms with Crippen LogP contribution in [0, 0.1) is 0 Å². The molecular formula is C23H28N6O2S. The highest BCUT2D eigenvalue weighted by Crippen LogP contribution is 2.36. The van der Waals surface area contributed by atoms with Gasteiger partial charge >= 0.3 is 0 Å². The molecule has 32 heavy (non-hydrogen) atoms. The molecule has 8 nitrogen and oxygen atoms in total. The topological polar surface area (TPSA) is 95.2 Å². The zero-order valence-corrected chi connectivity index (χ0v) is 19.4. The number of ether oxygens (including phenoxy) is 1. The largest absolute Gasteiger partial charge is 0.487 e. The lowest BCUT2D eigenvalue weighted by molar-refractivity contribution is -0.118. The second kappa shape index (κ2) is 8.29. The average Bonchev–Trinajstić information content (AvgIpc) is 3.31. The zero-order chi connectivity index (χ0) is 22.3. The van der Waals surface area contributed by atoms with Gasteiger partial charge in [-0.3, -0.25) is 9.89 Å². The van der Waals surface area contributed by atoms with E-state index in [1.807, 2.05) is 55.6 Å². The van der Waals surface area contributed by atoms with Crippen molar-refractivity contribution in [2.45, 2.75) is 30.1 Å². The fourth-order valence-electron chi connectivity index (χ4n) is 4.01. The number of benzene rings is 1. The molecule has 1 amide bonds. The standard InChI is InChI=1S/C23H28N6O2S/c1-29(2)21-19(31-15-5-6-15)9-8-18(26-21)20-16-12-14(4-7-17(16)27-28-20)25-22(30)23(32-3)10-11-24-13-23/h4,7-9,12,15,24H,5-6,10-11,13H2,1-3H3,(H,25,30)(H,27,28)/t23-/m0/s1. The number of thioether (sulfide) groups is 1. The number of hydrogen-bond acceptors (Lipinski definition) is 7. The first-order chi connectivity index (χ1) is 15.5. The minimum absolute atomic E-state index is 0.0361. The molecule has 9 heteroatoms. The summed E-state index contributed by atoms with van der Waals surface area (Å²) >= 11 is 1.61. The van der Waals surface area contributed by atoms with E-state index in [9.17, 15) is 4.79 Å². The Morgan fingerprint density at radius 1 is 1.28 bits per heavy atom. The predicted octanol–water partition coefficient (Wildman–Crippen LogP) is 3.27. The second-order valence-electron chi connectivity index (χ2n) is 8.64. The van der Waals surface area contributed by atoms with Gasteiger partial charge in [-0.1, -0.05) is 0 Å². The number of nitrogens with one attached hydrogen (secondary N) is 3. The van der Waals surface area contributed by atoms with Crippen molar-refractivity contribution in [1.29, 1.82) is 0 Å². The first-order valence-corrected chi connectivity index (χ1v) is 12.1. The number of carbonyl (C=O) groups excluding carboxylic acids is 1. The first-order valence-electron chi connectivity index (χ1n) is 10.9. The van der Waals surface area contributed by atoms with Crippen LogP contribution in [0.2, 0.25) is 0 Å². The van der Waals surface area contributed by atoms with E-state index in [4.69, 9.17) is 9.72 Å². The number of H-pyrrole nitrogens is 1. The van der Waals surface area contributed by atoms with Crippen LogP contribution < -0.4 is 20.3 Å². The van der Waals surface area contributed by atoms with Crippen molar-refractivity contribution in [2.75, 3.05) is 43.7 Å². The van der Waals surface area contributed by atoms with Crippen LogP contribution in [-0.2, 0) is 4.79 Å². The molecule has 1 atom stereocenters. The third-order valence-corrected chi connectivity index (χ3v) is 7.38. The second-order valence-corrected chi connectivity index (χ2v) is 9.83. The van der Waals surface area contributed by atoms with Gasteiger partial charge in [0.05, 0.1) is 17.3 Å². The fraction of sp³-hybridized carbons (Fsp3) is 0.435. The Labute approximate surface area is 191 Å². The molecule has 3 aromatic rings. The minimum atomic E-state index is -0.423. The van der Waals surface area contributed by atoms with E-state index in [1.54, 1.807) is 11.8 Å². The van der Waals surface area contributed by atoms with E-state index in [1.165, 1.54) is 0 Å². The summed E-state index contributed by atoms with van der Waals surface area (Å²) in [6.07, 6.45) is 5.32. The van der Waals surface area contributed by atoms with E-state index in [2.05, 4.69) is 20.8 Å². The summed E-state index contributed by atoms with van der Waals surface area (Å²) in [4.78, 5) is 19.8. The molecule has 1 aromatic carbocycles. The number of fused-ring (bicyclic) bond motifs is 1. The summed E-state index contributed by atoms with van der Waals surface area (Å²) in [5.74, 6) is 1.61. The molecule has 2 aromatic heterocycles. The van der Waals surface area contributed by atoms with Crippen LogP contribution in [0.5, 0.6) is 5.75 Å². The Morgan fingerprint density at radius 2 is 2.12 bits per heavy atom. The molecule has 1 saturated heterocycles. The summed E-state index contributed by atoms with van der Waals surface area (Å²) in [6.45, 7) is 1.55. The molecule has 1 aliphatic heterocycles. The summed E-state index contributed by atoms with van der Waals surface area (Å²) < 4.78 is 5.60. The van der Waals surface area contributed by atoms with E-state index < -0.39 is 4.75 Å². The number of aromatic nitrogens is 3. The normalized spacial score (nSPS) is 20.5. The average molecular weight is 453 g/mol. The lowest BCUT2D eigenvalue weighted by Gasteiger charge is -2.24. The molecule has 3 heterocycles. The van der Waals surface area contributed by atoms with Crippen LogP contribution in [-0.4, -0.2) is 65.4 Å². The molecule has 0 radical (unpaired) electrons. The van der Waals surface area contributed by atoms with E-state index >= 15 is 0 Å². The molecule has 2 fully saturated rings. The maximum absolute atomic E-state index is 13.0. The van der Waals surface area contributed by atoms with Gasteiger partial charge in [-0.15, -0.1) is 11.8 Å². The molecule has 168 valence electrons. The summed E-state index contributed by atoms with van der Waals surface area (Å²) in [6, 6.07) is 9.73. The number of nitrogens with zero attached hydrogens (tertiary/aromatic N) is 3. The van der Waals surface area contributed by atoms with Crippen molar-refractivity contribution in [1.82, 2.24) is 20.5 Å². The Morgan fingerprint density at radius 3 is 2.81 bits per heavy atom. The van der Waals surface area contributed by atoms with Crippen LogP contribution in [0.15, 0.2) is 30.3 Å². The lowest BCUT2D eigenvalue weighted by atomic mass is 10.1. The van der Waals surface area contributed by atoms with Crippen molar-refractivity contribution in [3.63, 3.8) is 0 Å². The van der Waals surface area contributed by atoms with Crippen molar-refractivity contribution in [3.05, 3.63) is 30.3 Å². The molecule has 0 unspecified atom stereocenters. The van der Waals surface area contributed by atoms with Gasteiger partial charge in [-0.05, 0) is 62.4 Å². The van der Waals surface area contributed by atoms with Gasteiger partial charge < -0.3 is 20.3 Å². The van der Waals surface area contributed by atoms with Crippen molar-refractivity contribution in [2.24, 2.45) is 0 Å². The van der Waals surface area contributed by atoms with Crippen LogP contribution >= 0.6 is 11.8 Å². The summed E-state index contributed by atoms with van der Waals surface area (Å²) in [5.41, 5.74) is 3.16. The van der Waals surface area contributed by atoms with E-state index in [0.717, 1.165) is 65.4 Å². The maximum atomic E-state index is 13.0. The lowest BCUT2D eigenvalue weighted by Crippen LogP contribution is -2.41. The Kier molecular flexibility index (Phi) is 5.46. The van der Waals surface area contributed by atoms with Crippen LogP contribution in [0.25, 0.3) is 22.3 Å². The molecule has 3 N–H and O–H groups in total. The van der Waals surface area contributed by atoms with Gasteiger partial charge in [0.15, 0.2) is 11.6 Å². The third-order valence-electron chi connectivity index (χ3n) is 6.06. The molecular weight excluding hydrogens is 424 g/mol. The van der Waals surface area contributed by atoms with Gasteiger partial charge in [-0.2, -0.15) is 5.10 Å². The number of aromatic amines is 1. The summed E-state index contributed by atoms with van der Waals surface area (Å²) in [5, 5.41) is 14.9. The fourth-order valence-corrected chi connectivity index (χ4v) is 4.80. The van der Waals surface area contributed by atoms with Gasteiger partial charge in [0.2, 0.25) is 5.91 Å². The number of anilines is 2. The van der Waals surface area contributed by atoms with Crippen LogP contribution in [0.1, 0.15) is 19.3 Å². The molecule has 0 bridgehead atoms. The number of rotatable bonds is 7. The SMILES string of the molecule is CS[C@@]1(C(=O)Nc2ccc3[nH]nc(-c4ccc(OC5CC5)c(N(C)C)n4)c3c2)CCNC1. The van der Waals surface area contributed by atoms with E-state index in [-0.39, 0.29) is 5.91 Å². The monoisotopic (exact) mass is 452 g/mol. The van der Waals surface area contributed by atoms with Crippen molar-refractivity contribution < 1.29 is 9.53 Å². The van der Waals surface area contributed by atoms with Crippen molar-refractivity contribution >= 4 is 40.1 Å². The highest BCUT2D eigenvalue weighted by atomic mass is 32.2. The van der Waals surface area contributed by atoms with Crippen molar-refractivity contribution in [3.8, 4) is 17.1 Å². The van der Waals surface area contributed by atoms with E-state index in [0.29, 0.717) is 12.6 Å². The number of amides is 1. The molecule has 5 rings (SSSR count). The van der Waals surface area contributed by atoms with Gasteiger partial charge in [-0.25, -0.2) is 4.98 Å². The smallest absolute Gasteiger partial charge is 0.241 e. The van der Waals surface area contributed by atoms with Gasteiger partial charge in [0.1, 0.15) is 10.4 Å². The Balaban J connectivity index is 1.46.